The number of aliphatic carboxylic acids is 1. The van der Waals surface area contributed by atoms with Crippen molar-refractivity contribution in [1.29, 1.82) is 0 Å². The van der Waals surface area contributed by atoms with E-state index in [-0.39, 0.29) is 12.5 Å². The van der Waals surface area contributed by atoms with E-state index in [0.717, 1.165) is 21.7 Å². The average molecular weight is 427 g/mol. The Morgan fingerprint density at radius 1 is 0.938 bits per heavy atom. The summed E-state index contributed by atoms with van der Waals surface area (Å²) in [5.74, 6) is -2.17. The van der Waals surface area contributed by atoms with Crippen LogP contribution < -0.4 is 5.32 Å². The molecule has 0 bridgehead atoms. The van der Waals surface area contributed by atoms with Gasteiger partial charge in [0.25, 0.3) is 5.91 Å². The molecular formula is C25H21N3O4. The largest absolute Gasteiger partial charge is 0.480 e. The van der Waals surface area contributed by atoms with Crippen LogP contribution >= 0.6 is 0 Å². The molecule has 4 rings (SSSR count). The van der Waals surface area contributed by atoms with E-state index < -0.39 is 17.8 Å². The Bertz CT molecular complexity index is 1200. The van der Waals surface area contributed by atoms with Crippen molar-refractivity contribution in [2.24, 2.45) is 4.99 Å². The van der Waals surface area contributed by atoms with Crippen LogP contribution in [0.2, 0.25) is 0 Å². The van der Waals surface area contributed by atoms with Crippen molar-refractivity contribution < 1.29 is 19.5 Å². The molecule has 2 amide bonds. The van der Waals surface area contributed by atoms with E-state index in [1.807, 2.05) is 54.6 Å². The number of para-hydroxylation sites is 1. The summed E-state index contributed by atoms with van der Waals surface area (Å²) in [5.41, 5.74) is 4.01. The maximum atomic E-state index is 12.9. The monoisotopic (exact) mass is 427 g/mol. The molecule has 1 atom stereocenters. The predicted octanol–water partition coefficient (Wildman–Crippen LogP) is 3.70. The predicted molar refractivity (Wildman–Crippen MR) is 121 cm³/mol. The third kappa shape index (κ3) is 4.27. The molecule has 0 aliphatic carbocycles. The van der Waals surface area contributed by atoms with Gasteiger partial charge in [0, 0.05) is 18.3 Å². The lowest BCUT2D eigenvalue weighted by Crippen LogP contribution is -2.31. The quantitative estimate of drug-likeness (QED) is 0.586. The molecule has 3 aromatic carbocycles. The van der Waals surface area contributed by atoms with Gasteiger partial charge in [-0.25, -0.2) is 0 Å². The molecule has 1 unspecified atom stereocenters. The minimum absolute atomic E-state index is 0.143. The number of aliphatic imine (C=N–C) groups is 1. The van der Waals surface area contributed by atoms with Crippen molar-refractivity contribution >= 4 is 34.9 Å². The number of fused-ring (bicyclic) bond motifs is 1. The third-order valence-corrected chi connectivity index (χ3v) is 5.22. The average Bonchev–Trinajstić information content (AvgIpc) is 3.13. The molecular weight excluding hydrogens is 406 g/mol. The minimum atomic E-state index is -1.08. The second-order valence-electron chi connectivity index (χ2n) is 7.47. The highest BCUT2D eigenvalue weighted by Crippen LogP contribution is 2.36. The van der Waals surface area contributed by atoms with Crippen LogP contribution in [0.15, 0.2) is 83.9 Å². The van der Waals surface area contributed by atoms with Gasteiger partial charge < -0.3 is 15.3 Å². The number of hydrogen-bond donors (Lipinski definition) is 2. The third-order valence-electron chi connectivity index (χ3n) is 5.22. The Hall–Kier alpha value is -4.26. The Morgan fingerprint density at radius 3 is 2.28 bits per heavy atom. The molecule has 1 aliphatic rings. The molecule has 1 aliphatic heterocycles. The van der Waals surface area contributed by atoms with Crippen LogP contribution in [0.25, 0.3) is 0 Å². The number of nitrogens with zero attached hydrogens (tertiary/aromatic N) is 2. The second-order valence-corrected chi connectivity index (χ2v) is 7.47. The number of rotatable bonds is 6. The van der Waals surface area contributed by atoms with Gasteiger partial charge >= 0.3 is 5.97 Å². The lowest BCUT2D eigenvalue weighted by atomic mass is 9.90. The number of hydrogen-bond acceptors (Lipinski definition) is 4. The Kier molecular flexibility index (Phi) is 5.81. The van der Waals surface area contributed by atoms with Gasteiger partial charge in [-0.05, 0) is 41.5 Å². The molecule has 0 radical (unpaired) electrons. The van der Waals surface area contributed by atoms with Gasteiger partial charge in [0.1, 0.15) is 12.5 Å². The van der Waals surface area contributed by atoms with Gasteiger partial charge in [-0.2, -0.15) is 0 Å². The SMILES string of the molecule is CN(CC(=O)O)C(=O)c1ccc(N=C(c2ccccc2)C2C(=O)Nc3ccccc32)cc1. The highest BCUT2D eigenvalue weighted by molar-refractivity contribution is 6.24. The lowest BCUT2D eigenvalue weighted by molar-refractivity contribution is -0.137. The number of anilines is 1. The van der Waals surface area contributed by atoms with Gasteiger partial charge in [0.2, 0.25) is 5.91 Å². The number of carbonyl (C=O) groups is 3. The van der Waals surface area contributed by atoms with Crippen molar-refractivity contribution in [2.75, 3.05) is 18.9 Å². The van der Waals surface area contributed by atoms with E-state index in [0.29, 0.717) is 17.0 Å². The minimum Gasteiger partial charge on any atom is -0.480 e. The van der Waals surface area contributed by atoms with Crippen LogP contribution in [0.3, 0.4) is 0 Å². The number of carboxylic acid groups (broad SMARTS) is 1. The molecule has 7 heteroatoms. The van der Waals surface area contributed by atoms with Crippen LogP contribution in [0, 0.1) is 0 Å². The fourth-order valence-electron chi connectivity index (χ4n) is 3.70. The summed E-state index contributed by atoms with van der Waals surface area (Å²) in [7, 11) is 1.44. The van der Waals surface area contributed by atoms with Gasteiger partial charge in [-0.15, -0.1) is 0 Å². The molecule has 7 nitrogen and oxygen atoms in total. The Labute approximate surface area is 185 Å². The zero-order chi connectivity index (χ0) is 22.7. The van der Waals surface area contributed by atoms with E-state index in [2.05, 4.69) is 5.32 Å². The first-order valence-corrected chi connectivity index (χ1v) is 10.0. The number of carboxylic acids is 1. The van der Waals surface area contributed by atoms with Crippen LogP contribution in [-0.4, -0.2) is 47.1 Å². The summed E-state index contributed by atoms with van der Waals surface area (Å²) in [6, 6.07) is 23.6. The number of benzene rings is 3. The molecule has 1 heterocycles. The molecule has 0 aromatic heterocycles. The van der Waals surface area contributed by atoms with Gasteiger partial charge in [0.05, 0.1) is 11.4 Å². The first-order valence-electron chi connectivity index (χ1n) is 10.0. The molecule has 0 spiro atoms. The highest BCUT2D eigenvalue weighted by Gasteiger charge is 2.35. The van der Waals surface area contributed by atoms with E-state index in [9.17, 15) is 14.4 Å². The molecule has 0 saturated heterocycles. The summed E-state index contributed by atoms with van der Waals surface area (Å²) in [5, 5.41) is 11.8. The van der Waals surface area contributed by atoms with Gasteiger partial charge in [-0.1, -0.05) is 48.5 Å². The molecule has 0 saturated carbocycles. The van der Waals surface area contributed by atoms with E-state index >= 15 is 0 Å². The van der Waals surface area contributed by atoms with Crippen LogP contribution in [-0.2, 0) is 9.59 Å². The Balaban J connectivity index is 1.70. The standard InChI is InChI=1S/C25H21N3O4/c1-28(15-21(29)30)25(32)17-11-13-18(14-12-17)26-23(16-7-3-2-4-8-16)22-19-9-5-6-10-20(19)27-24(22)31/h2-14,22H,15H2,1H3,(H,27,31)(H,29,30). The van der Waals surface area contributed by atoms with Gasteiger partial charge in [-0.3, -0.25) is 19.4 Å². The fourth-order valence-corrected chi connectivity index (χ4v) is 3.70. The summed E-state index contributed by atoms with van der Waals surface area (Å²) in [4.78, 5) is 42.0. The smallest absolute Gasteiger partial charge is 0.323 e. The van der Waals surface area contributed by atoms with Gasteiger partial charge in [0.15, 0.2) is 0 Å². The highest BCUT2D eigenvalue weighted by atomic mass is 16.4. The van der Waals surface area contributed by atoms with Crippen LogP contribution in [0.1, 0.15) is 27.4 Å². The molecule has 32 heavy (non-hydrogen) atoms. The Morgan fingerprint density at radius 2 is 1.59 bits per heavy atom. The van der Waals surface area contributed by atoms with E-state index in [1.54, 1.807) is 24.3 Å². The molecule has 160 valence electrons. The van der Waals surface area contributed by atoms with Crippen molar-refractivity contribution in [3.05, 3.63) is 95.6 Å². The maximum Gasteiger partial charge on any atom is 0.323 e. The fraction of sp³-hybridized carbons (Fsp3) is 0.120. The van der Waals surface area contributed by atoms with Crippen LogP contribution in [0.4, 0.5) is 11.4 Å². The first kappa shape index (κ1) is 21.0. The number of nitrogens with one attached hydrogen (secondary N) is 1. The summed E-state index contributed by atoms with van der Waals surface area (Å²) in [6.07, 6.45) is 0. The zero-order valence-electron chi connectivity index (χ0n) is 17.4. The second kappa shape index (κ2) is 8.85. The van der Waals surface area contributed by atoms with Crippen LogP contribution in [0.5, 0.6) is 0 Å². The lowest BCUT2D eigenvalue weighted by Gasteiger charge is -2.15. The maximum absolute atomic E-state index is 12.9. The number of likely N-dealkylation sites (N-methyl/N-ethyl adjacent to an activating group) is 1. The molecule has 0 fully saturated rings. The molecule has 2 N–H and O–H groups in total. The summed E-state index contributed by atoms with van der Waals surface area (Å²) >= 11 is 0. The van der Waals surface area contributed by atoms with Crippen molar-refractivity contribution in [1.82, 2.24) is 4.90 Å². The van der Waals surface area contributed by atoms with Crippen molar-refractivity contribution in [2.45, 2.75) is 5.92 Å². The first-order chi connectivity index (χ1) is 15.4. The van der Waals surface area contributed by atoms with E-state index in [4.69, 9.17) is 10.1 Å². The molecule has 3 aromatic rings. The van der Waals surface area contributed by atoms with E-state index in [1.165, 1.54) is 7.05 Å². The van der Waals surface area contributed by atoms with Crippen molar-refractivity contribution in [3.8, 4) is 0 Å². The zero-order valence-corrected chi connectivity index (χ0v) is 17.4. The summed E-state index contributed by atoms with van der Waals surface area (Å²) in [6.45, 7) is -0.382. The normalized spacial score (nSPS) is 15.1. The number of carbonyl (C=O) groups excluding carboxylic acids is 2. The summed E-state index contributed by atoms with van der Waals surface area (Å²) < 4.78 is 0. The topological polar surface area (TPSA) is 99.1 Å². The number of amides is 2. The van der Waals surface area contributed by atoms with Crippen molar-refractivity contribution in [3.63, 3.8) is 0 Å².